The summed E-state index contributed by atoms with van der Waals surface area (Å²) in [6.45, 7) is 11.3. The van der Waals surface area contributed by atoms with Crippen LogP contribution < -0.4 is 0 Å². The maximum absolute atomic E-state index is 12.7. The minimum Gasteiger partial charge on any atom is -0.462 e. The van der Waals surface area contributed by atoms with Gasteiger partial charge in [0.15, 0.2) is 6.10 Å². The number of unbranched alkanes of at least 4 members (excludes halogenated alkanes) is 26. The molecule has 0 aromatic rings. The van der Waals surface area contributed by atoms with Crippen molar-refractivity contribution < 1.29 is 28.6 Å². The first kappa shape index (κ1) is 52.4. The largest absolute Gasteiger partial charge is 0.462 e. The molecule has 6 nitrogen and oxygen atoms in total. The topological polar surface area (TPSA) is 78.9 Å². The molecule has 0 saturated carbocycles. The monoisotopic (exact) mass is 765 g/mol. The second-order valence-electron chi connectivity index (χ2n) is 17.1. The van der Waals surface area contributed by atoms with Gasteiger partial charge in [-0.3, -0.25) is 14.4 Å². The predicted octanol–water partition coefficient (Wildman–Crippen LogP) is 15.0. The predicted molar refractivity (Wildman–Crippen MR) is 229 cm³/mol. The van der Waals surface area contributed by atoms with Gasteiger partial charge in [0.2, 0.25) is 0 Å². The van der Waals surface area contributed by atoms with E-state index in [0.29, 0.717) is 19.3 Å². The Hall–Kier alpha value is -1.59. The molecule has 0 amide bonds. The third kappa shape index (κ3) is 40.1. The van der Waals surface area contributed by atoms with Crippen LogP contribution in [0.1, 0.15) is 259 Å². The van der Waals surface area contributed by atoms with E-state index in [1.165, 1.54) is 148 Å². The van der Waals surface area contributed by atoms with E-state index in [9.17, 15) is 14.4 Å². The highest BCUT2D eigenvalue weighted by Crippen LogP contribution is 2.17. The van der Waals surface area contributed by atoms with Crippen molar-refractivity contribution in [3.63, 3.8) is 0 Å². The number of carbonyl (C=O) groups is 3. The van der Waals surface area contributed by atoms with Gasteiger partial charge < -0.3 is 14.2 Å². The van der Waals surface area contributed by atoms with E-state index in [2.05, 4.69) is 34.6 Å². The third-order valence-corrected chi connectivity index (χ3v) is 11.1. The van der Waals surface area contributed by atoms with Gasteiger partial charge in [-0.05, 0) is 31.1 Å². The highest BCUT2D eigenvalue weighted by molar-refractivity contribution is 5.71. The zero-order valence-electron chi connectivity index (χ0n) is 36.8. The van der Waals surface area contributed by atoms with Crippen LogP contribution in [0.5, 0.6) is 0 Å². The van der Waals surface area contributed by atoms with Crippen LogP contribution in [0, 0.1) is 11.8 Å². The van der Waals surface area contributed by atoms with Gasteiger partial charge in [0.05, 0.1) is 0 Å². The molecule has 0 N–H and O–H groups in total. The molecular weight excluding hydrogens is 673 g/mol. The Kier molecular flexibility index (Phi) is 39.8. The van der Waals surface area contributed by atoms with Crippen molar-refractivity contribution in [1.82, 2.24) is 0 Å². The van der Waals surface area contributed by atoms with E-state index in [1.807, 2.05) is 0 Å². The Labute approximate surface area is 336 Å². The fraction of sp³-hybridized carbons (Fsp3) is 0.938. The van der Waals surface area contributed by atoms with E-state index in [-0.39, 0.29) is 31.1 Å². The van der Waals surface area contributed by atoms with Gasteiger partial charge in [-0.15, -0.1) is 0 Å². The SMILES string of the molecule is CCCCCCCCCCCCCC(=O)OC[C@@H](COC(=O)CCCCCCCCCCCCC(C)C)OC(=O)CCCCCCCCCCC(C)CC. The fourth-order valence-electron chi connectivity index (χ4n) is 7.07. The summed E-state index contributed by atoms with van der Waals surface area (Å²) in [5.74, 6) is 0.807. The number of rotatable bonds is 42. The Morgan fingerprint density at radius 1 is 0.389 bits per heavy atom. The molecule has 0 bridgehead atoms. The molecule has 6 heteroatoms. The Morgan fingerprint density at radius 2 is 0.704 bits per heavy atom. The molecule has 1 unspecified atom stereocenters. The van der Waals surface area contributed by atoms with E-state index < -0.39 is 6.10 Å². The molecule has 0 aliphatic heterocycles. The summed E-state index contributed by atoms with van der Waals surface area (Å²) in [5, 5.41) is 0. The van der Waals surface area contributed by atoms with E-state index in [0.717, 1.165) is 69.6 Å². The molecule has 0 fully saturated rings. The summed E-state index contributed by atoms with van der Waals surface area (Å²) in [7, 11) is 0. The molecular formula is C48H92O6. The Bertz CT molecular complexity index is 826. The Morgan fingerprint density at radius 3 is 1.06 bits per heavy atom. The van der Waals surface area contributed by atoms with Crippen LogP contribution in [0.3, 0.4) is 0 Å². The average Bonchev–Trinajstić information content (AvgIpc) is 3.15. The molecule has 2 atom stereocenters. The smallest absolute Gasteiger partial charge is 0.306 e. The van der Waals surface area contributed by atoms with Gasteiger partial charge in [0.1, 0.15) is 13.2 Å². The van der Waals surface area contributed by atoms with Crippen molar-refractivity contribution in [2.75, 3.05) is 13.2 Å². The maximum atomic E-state index is 12.7. The van der Waals surface area contributed by atoms with Gasteiger partial charge in [-0.1, -0.05) is 221 Å². The van der Waals surface area contributed by atoms with Crippen molar-refractivity contribution >= 4 is 17.9 Å². The molecule has 0 heterocycles. The van der Waals surface area contributed by atoms with Crippen LogP contribution in [-0.2, 0) is 28.6 Å². The lowest BCUT2D eigenvalue weighted by atomic mass is 9.99. The van der Waals surface area contributed by atoms with Gasteiger partial charge in [-0.2, -0.15) is 0 Å². The Balaban J connectivity index is 4.34. The first-order chi connectivity index (χ1) is 26.3. The van der Waals surface area contributed by atoms with E-state index in [4.69, 9.17) is 14.2 Å². The quantitative estimate of drug-likeness (QED) is 0.0350. The van der Waals surface area contributed by atoms with Crippen molar-refractivity contribution in [3.8, 4) is 0 Å². The molecule has 320 valence electrons. The number of esters is 3. The van der Waals surface area contributed by atoms with Crippen LogP contribution in [0.15, 0.2) is 0 Å². The molecule has 0 aliphatic carbocycles. The molecule has 0 aromatic heterocycles. The molecule has 54 heavy (non-hydrogen) atoms. The van der Waals surface area contributed by atoms with Gasteiger partial charge in [0, 0.05) is 19.3 Å². The maximum Gasteiger partial charge on any atom is 0.306 e. The van der Waals surface area contributed by atoms with Gasteiger partial charge in [-0.25, -0.2) is 0 Å². The number of ether oxygens (including phenoxy) is 3. The van der Waals surface area contributed by atoms with Gasteiger partial charge in [0.25, 0.3) is 0 Å². The first-order valence-electron chi connectivity index (χ1n) is 23.8. The normalized spacial score (nSPS) is 12.6. The van der Waals surface area contributed by atoms with Crippen molar-refractivity contribution in [2.24, 2.45) is 11.8 Å². The number of hydrogen-bond acceptors (Lipinski definition) is 6. The zero-order chi connectivity index (χ0) is 39.7. The molecule has 0 spiro atoms. The average molecular weight is 765 g/mol. The molecule has 0 radical (unpaired) electrons. The summed E-state index contributed by atoms with van der Waals surface area (Å²) in [4.78, 5) is 37.8. The van der Waals surface area contributed by atoms with Crippen LogP contribution >= 0.6 is 0 Å². The fourth-order valence-corrected chi connectivity index (χ4v) is 7.07. The van der Waals surface area contributed by atoms with Crippen LogP contribution in [0.25, 0.3) is 0 Å². The highest BCUT2D eigenvalue weighted by Gasteiger charge is 2.19. The van der Waals surface area contributed by atoms with Crippen LogP contribution in [-0.4, -0.2) is 37.2 Å². The summed E-state index contributed by atoms with van der Waals surface area (Å²) < 4.78 is 16.7. The lowest BCUT2D eigenvalue weighted by molar-refractivity contribution is -0.167. The lowest BCUT2D eigenvalue weighted by Crippen LogP contribution is -2.30. The first-order valence-corrected chi connectivity index (χ1v) is 23.8. The van der Waals surface area contributed by atoms with Crippen molar-refractivity contribution in [1.29, 1.82) is 0 Å². The number of hydrogen-bond donors (Lipinski definition) is 0. The zero-order valence-corrected chi connectivity index (χ0v) is 36.8. The van der Waals surface area contributed by atoms with E-state index >= 15 is 0 Å². The lowest BCUT2D eigenvalue weighted by Gasteiger charge is -2.18. The molecule has 0 saturated heterocycles. The number of carbonyl (C=O) groups excluding carboxylic acids is 3. The van der Waals surface area contributed by atoms with Crippen LogP contribution in [0.2, 0.25) is 0 Å². The molecule has 0 rings (SSSR count). The summed E-state index contributed by atoms with van der Waals surface area (Å²) in [6, 6.07) is 0. The third-order valence-electron chi connectivity index (χ3n) is 11.1. The minimum absolute atomic E-state index is 0.0648. The minimum atomic E-state index is -0.761. The second kappa shape index (κ2) is 41.1. The highest BCUT2D eigenvalue weighted by atomic mass is 16.6. The molecule has 0 aliphatic rings. The van der Waals surface area contributed by atoms with Crippen molar-refractivity contribution in [3.05, 3.63) is 0 Å². The molecule has 0 aromatic carbocycles. The van der Waals surface area contributed by atoms with Crippen molar-refractivity contribution in [2.45, 2.75) is 265 Å². The summed E-state index contributed by atoms with van der Waals surface area (Å²) in [5.41, 5.74) is 0. The van der Waals surface area contributed by atoms with Crippen LogP contribution in [0.4, 0.5) is 0 Å². The summed E-state index contributed by atoms with van der Waals surface area (Å²) >= 11 is 0. The standard InChI is InChI=1S/C48H92O6/c1-6-8-9-10-11-12-13-17-23-28-33-38-46(49)52-41-45(54-48(51)40-35-30-25-20-19-22-27-32-37-44(5)7-2)42-53-47(50)39-34-29-24-18-15-14-16-21-26-31-36-43(3)4/h43-45H,6-42H2,1-5H3/t44?,45-/m0/s1. The van der Waals surface area contributed by atoms with Gasteiger partial charge >= 0.3 is 17.9 Å². The van der Waals surface area contributed by atoms with E-state index in [1.54, 1.807) is 0 Å². The summed E-state index contributed by atoms with van der Waals surface area (Å²) in [6.07, 6.45) is 39.4. The second-order valence-corrected chi connectivity index (χ2v) is 17.1.